The highest BCUT2D eigenvalue weighted by molar-refractivity contribution is 7.89. The van der Waals surface area contributed by atoms with E-state index in [1.165, 1.54) is 4.31 Å². The van der Waals surface area contributed by atoms with Gasteiger partial charge in [0.15, 0.2) is 11.6 Å². The highest BCUT2D eigenvalue weighted by Crippen LogP contribution is 2.23. The molecular formula is C20H22F2N6O2S. The van der Waals surface area contributed by atoms with Crippen LogP contribution in [-0.2, 0) is 10.0 Å². The molecule has 0 saturated carbocycles. The molecule has 0 atom stereocenters. The molecule has 0 spiro atoms. The molecule has 4 rings (SSSR count). The Balaban J connectivity index is 1.54. The molecule has 1 fully saturated rings. The lowest BCUT2D eigenvalue weighted by molar-refractivity contribution is 0.383. The lowest BCUT2D eigenvalue weighted by Gasteiger charge is -2.34. The second-order valence-corrected chi connectivity index (χ2v) is 9.32. The van der Waals surface area contributed by atoms with Crippen molar-refractivity contribution in [3.8, 4) is 5.82 Å². The summed E-state index contributed by atoms with van der Waals surface area (Å²) in [6.45, 7) is 6.89. The SMILES string of the molecule is Cc1nc(N2CCN(S(=O)(=O)c3ccc(F)c(F)c3)CC2)cc(-n2cnc(C)c2C)n1. The minimum Gasteiger partial charge on any atom is -0.354 e. The minimum atomic E-state index is -3.91. The molecule has 3 aromatic rings. The fourth-order valence-electron chi connectivity index (χ4n) is 3.50. The maximum atomic E-state index is 13.5. The second-order valence-electron chi connectivity index (χ2n) is 7.38. The molecule has 11 heteroatoms. The van der Waals surface area contributed by atoms with E-state index in [0.717, 1.165) is 23.5 Å². The van der Waals surface area contributed by atoms with Crippen LogP contribution in [0.5, 0.6) is 0 Å². The van der Waals surface area contributed by atoms with Gasteiger partial charge in [0.1, 0.15) is 23.8 Å². The van der Waals surface area contributed by atoms with Crippen molar-refractivity contribution >= 4 is 15.8 Å². The molecular weight excluding hydrogens is 426 g/mol. The number of halogens is 2. The van der Waals surface area contributed by atoms with Gasteiger partial charge in [-0.05, 0) is 39.0 Å². The van der Waals surface area contributed by atoms with Crippen LogP contribution in [0.1, 0.15) is 17.2 Å². The van der Waals surface area contributed by atoms with E-state index in [9.17, 15) is 17.2 Å². The molecule has 0 N–H and O–H groups in total. The summed E-state index contributed by atoms with van der Waals surface area (Å²) in [6.07, 6.45) is 1.71. The summed E-state index contributed by atoms with van der Waals surface area (Å²) in [5.41, 5.74) is 1.89. The normalized spacial score (nSPS) is 15.5. The Morgan fingerprint density at radius 1 is 0.903 bits per heavy atom. The summed E-state index contributed by atoms with van der Waals surface area (Å²) in [5, 5.41) is 0. The van der Waals surface area contributed by atoms with E-state index in [4.69, 9.17) is 0 Å². The van der Waals surface area contributed by atoms with E-state index in [1.54, 1.807) is 13.3 Å². The highest BCUT2D eigenvalue weighted by atomic mass is 32.2. The standard InChI is InChI=1S/C20H22F2N6O2S/c1-13-14(2)28(12-23-13)20-11-19(24-15(3)25-20)26-6-8-27(9-7-26)31(29,30)16-4-5-17(21)18(22)10-16/h4-5,10-12H,6-9H2,1-3H3. The first-order valence-electron chi connectivity index (χ1n) is 9.73. The van der Waals surface area contributed by atoms with Gasteiger partial charge in [-0.15, -0.1) is 0 Å². The summed E-state index contributed by atoms with van der Waals surface area (Å²) >= 11 is 0. The van der Waals surface area contributed by atoms with E-state index in [-0.39, 0.29) is 18.0 Å². The Hall–Kier alpha value is -2.92. The number of hydrogen-bond donors (Lipinski definition) is 0. The quantitative estimate of drug-likeness (QED) is 0.609. The molecule has 31 heavy (non-hydrogen) atoms. The van der Waals surface area contributed by atoms with Gasteiger partial charge < -0.3 is 4.90 Å². The third kappa shape index (κ3) is 4.02. The number of sulfonamides is 1. The molecule has 2 aromatic heterocycles. The Morgan fingerprint density at radius 3 is 2.19 bits per heavy atom. The molecule has 0 aliphatic carbocycles. The van der Waals surface area contributed by atoms with Gasteiger partial charge in [-0.1, -0.05) is 0 Å². The number of nitrogens with zero attached hydrogens (tertiary/aromatic N) is 6. The Labute approximate surface area is 179 Å². The number of piperazine rings is 1. The Kier molecular flexibility index (Phi) is 5.48. The molecule has 3 heterocycles. The largest absolute Gasteiger partial charge is 0.354 e. The summed E-state index contributed by atoms with van der Waals surface area (Å²) in [6, 6.07) is 4.46. The molecule has 0 amide bonds. The van der Waals surface area contributed by atoms with Crippen LogP contribution >= 0.6 is 0 Å². The molecule has 0 unspecified atom stereocenters. The number of imidazole rings is 1. The smallest absolute Gasteiger partial charge is 0.243 e. The Bertz CT molecular complexity index is 1240. The second kappa shape index (κ2) is 7.97. The molecule has 1 saturated heterocycles. The van der Waals surface area contributed by atoms with Crippen molar-refractivity contribution in [2.75, 3.05) is 31.1 Å². The van der Waals surface area contributed by atoms with Gasteiger partial charge in [0, 0.05) is 37.9 Å². The van der Waals surface area contributed by atoms with Gasteiger partial charge in [0.2, 0.25) is 10.0 Å². The number of aromatic nitrogens is 4. The van der Waals surface area contributed by atoms with Gasteiger partial charge in [-0.2, -0.15) is 4.31 Å². The van der Waals surface area contributed by atoms with Crippen molar-refractivity contribution in [1.29, 1.82) is 0 Å². The summed E-state index contributed by atoms with van der Waals surface area (Å²) in [7, 11) is -3.91. The highest BCUT2D eigenvalue weighted by Gasteiger charge is 2.30. The fourth-order valence-corrected chi connectivity index (χ4v) is 4.93. The van der Waals surface area contributed by atoms with E-state index in [1.807, 2.05) is 29.4 Å². The van der Waals surface area contributed by atoms with Crippen molar-refractivity contribution in [3.05, 3.63) is 59.4 Å². The van der Waals surface area contributed by atoms with E-state index >= 15 is 0 Å². The first-order valence-corrected chi connectivity index (χ1v) is 11.2. The van der Waals surface area contributed by atoms with Gasteiger partial charge in [-0.3, -0.25) is 4.57 Å². The number of hydrogen-bond acceptors (Lipinski definition) is 6. The van der Waals surface area contributed by atoms with Crippen molar-refractivity contribution in [2.45, 2.75) is 25.7 Å². The van der Waals surface area contributed by atoms with Crippen molar-refractivity contribution < 1.29 is 17.2 Å². The summed E-state index contributed by atoms with van der Waals surface area (Å²) in [4.78, 5) is 15.0. The molecule has 0 radical (unpaired) electrons. The molecule has 1 aliphatic heterocycles. The maximum absolute atomic E-state index is 13.5. The van der Waals surface area contributed by atoms with Crippen LogP contribution in [0.4, 0.5) is 14.6 Å². The van der Waals surface area contributed by atoms with Crippen LogP contribution in [0.3, 0.4) is 0 Å². The van der Waals surface area contributed by atoms with Crippen LogP contribution in [0.25, 0.3) is 5.82 Å². The number of anilines is 1. The van der Waals surface area contributed by atoms with Crippen molar-refractivity contribution in [1.82, 2.24) is 23.8 Å². The third-order valence-electron chi connectivity index (χ3n) is 5.40. The van der Waals surface area contributed by atoms with Gasteiger partial charge in [0.25, 0.3) is 0 Å². The van der Waals surface area contributed by atoms with Crippen LogP contribution in [0.2, 0.25) is 0 Å². The molecule has 1 aliphatic rings. The van der Waals surface area contributed by atoms with Crippen LogP contribution in [0, 0.1) is 32.4 Å². The van der Waals surface area contributed by atoms with E-state index in [0.29, 0.717) is 36.6 Å². The first-order chi connectivity index (χ1) is 14.7. The zero-order valence-corrected chi connectivity index (χ0v) is 18.2. The molecule has 0 bridgehead atoms. The van der Waals surface area contributed by atoms with Crippen molar-refractivity contribution in [2.24, 2.45) is 0 Å². The maximum Gasteiger partial charge on any atom is 0.243 e. The van der Waals surface area contributed by atoms with E-state index in [2.05, 4.69) is 15.0 Å². The van der Waals surface area contributed by atoms with Crippen LogP contribution in [-0.4, -0.2) is 58.4 Å². The summed E-state index contributed by atoms with van der Waals surface area (Å²) in [5.74, 6) is -0.290. The number of benzene rings is 1. The average Bonchev–Trinajstić information content (AvgIpc) is 3.08. The fraction of sp³-hybridized carbons (Fsp3) is 0.350. The zero-order valence-electron chi connectivity index (χ0n) is 17.4. The molecule has 8 nitrogen and oxygen atoms in total. The minimum absolute atomic E-state index is 0.197. The van der Waals surface area contributed by atoms with Gasteiger partial charge in [0.05, 0.1) is 10.6 Å². The zero-order chi connectivity index (χ0) is 22.3. The first kappa shape index (κ1) is 21.3. The van der Waals surface area contributed by atoms with Crippen LogP contribution < -0.4 is 4.90 Å². The summed E-state index contributed by atoms with van der Waals surface area (Å²) < 4.78 is 55.5. The molecule has 164 valence electrons. The lowest BCUT2D eigenvalue weighted by atomic mass is 10.3. The number of aryl methyl sites for hydroxylation is 2. The topological polar surface area (TPSA) is 84.2 Å². The molecule has 1 aromatic carbocycles. The monoisotopic (exact) mass is 448 g/mol. The predicted octanol–water partition coefficient (Wildman–Crippen LogP) is 2.38. The Morgan fingerprint density at radius 2 is 1.58 bits per heavy atom. The van der Waals surface area contributed by atoms with E-state index < -0.39 is 21.7 Å². The van der Waals surface area contributed by atoms with Gasteiger partial charge >= 0.3 is 0 Å². The lowest BCUT2D eigenvalue weighted by Crippen LogP contribution is -2.49. The van der Waals surface area contributed by atoms with Crippen molar-refractivity contribution in [3.63, 3.8) is 0 Å². The van der Waals surface area contributed by atoms with Gasteiger partial charge in [-0.25, -0.2) is 32.2 Å². The number of rotatable bonds is 4. The van der Waals surface area contributed by atoms with Crippen LogP contribution in [0.15, 0.2) is 35.5 Å². The predicted molar refractivity (Wildman–Crippen MR) is 111 cm³/mol. The average molecular weight is 448 g/mol. The third-order valence-corrected chi connectivity index (χ3v) is 7.30.